The van der Waals surface area contributed by atoms with Gasteiger partial charge in [0.05, 0.1) is 24.0 Å². The minimum Gasteiger partial charge on any atom is -0.376 e. The molecule has 2 rings (SSSR count). The van der Waals surface area contributed by atoms with E-state index in [1.165, 1.54) is 12.4 Å². The molecule has 18 heavy (non-hydrogen) atoms. The summed E-state index contributed by atoms with van der Waals surface area (Å²) in [5, 5.41) is 5.83. The fourth-order valence-electron chi connectivity index (χ4n) is 1.90. The highest BCUT2D eigenvalue weighted by Crippen LogP contribution is 2.25. The van der Waals surface area contributed by atoms with Gasteiger partial charge in [-0.1, -0.05) is 0 Å². The Bertz CT molecular complexity index is 434. The molecule has 1 aromatic rings. The second kappa shape index (κ2) is 4.89. The van der Waals surface area contributed by atoms with Crippen LogP contribution in [0.2, 0.25) is 0 Å². The molecule has 2 unspecified atom stereocenters. The zero-order chi connectivity index (χ0) is 13.2. The number of nitrogens with one attached hydrogen (secondary N) is 2. The highest BCUT2D eigenvalue weighted by Gasteiger charge is 2.38. The van der Waals surface area contributed by atoms with Gasteiger partial charge in [-0.2, -0.15) is 0 Å². The smallest absolute Gasteiger partial charge is 0.271 e. The Hall–Kier alpha value is -1.69. The molecule has 0 aromatic carbocycles. The van der Waals surface area contributed by atoms with E-state index in [0.29, 0.717) is 18.1 Å². The normalized spacial score (nSPS) is 26.9. The first kappa shape index (κ1) is 12.8. The number of rotatable bonds is 3. The Morgan fingerprint density at radius 2 is 2.28 bits per heavy atom. The zero-order valence-electron chi connectivity index (χ0n) is 10.9. The van der Waals surface area contributed by atoms with Gasteiger partial charge < -0.3 is 15.4 Å². The van der Waals surface area contributed by atoms with Crippen molar-refractivity contribution in [2.45, 2.75) is 31.9 Å². The molecule has 0 aliphatic carbocycles. The van der Waals surface area contributed by atoms with Crippen LogP contribution in [0.4, 0.5) is 5.82 Å². The third-order valence-electron chi connectivity index (χ3n) is 3.43. The third-order valence-corrected chi connectivity index (χ3v) is 3.43. The van der Waals surface area contributed by atoms with Gasteiger partial charge in [-0.05, 0) is 20.3 Å². The Balaban J connectivity index is 2.07. The van der Waals surface area contributed by atoms with E-state index in [1.54, 1.807) is 7.05 Å². The molecule has 6 heteroatoms. The average molecular weight is 250 g/mol. The predicted octanol–water partition coefficient (Wildman–Crippen LogP) is 0.816. The van der Waals surface area contributed by atoms with Gasteiger partial charge in [0.25, 0.3) is 5.91 Å². The molecule has 0 spiro atoms. The van der Waals surface area contributed by atoms with E-state index in [0.717, 1.165) is 6.42 Å². The van der Waals surface area contributed by atoms with Gasteiger partial charge >= 0.3 is 0 Å². The maximum absolute atomic E-state index is 12.1. The molecule has 0 saturated carbocycles. The van der Waals surface area contributed by atoms with E-state index < -0.39 is 0 Å². The van der Waals surface area contributed by atoms with E-state index in [9.17, 15) is 4.79 Å². The number of hydrogen-bond acceptors (Lipinski definition) is 5. The molecule has 1 aliphatic rings. The summed E-state index contributed by atoms with van der Waals surface area (Å²) in [6.45, 7) is 4.61. The van der Waals surface area contributed by atoms with Crippen molar-refractivity contribution < 1.29 is 9.53 Å². The second-order valence-corrected chi connectivity index (χ2v) is 4.67. The number of anilines is 1. The highest BCUT2D eigenvalue weighted by atomic mass is 16.5. The van der Waals surface area contributed by atoms with Crippen LogP contribution in [0.5, 0.6) is 0 Å². The van der Waals surface area contributed by atoms with Crippen molar-refractivity contribution in [2.24, 2.45) is 0 Å². The van der Waals surface area contributed by atoms with Crippen molar-refractivity contribution in [3.63, 3.8) is 0 Å². The summed E-state index contributed by atoms with van der Waals surface area (Å²) in [5.41, 5.74) is -0.0187. The molecule has 2 N–H and O–H groups in total. The maximum atomic E-state index is 12.1. The molecule has 2 atom stereocenters. The topological polar surface area (TPSA) is 76.1 Å². The fraction of sp³-hybridized carbons (Fsp3) is 0.583. The van der Waals surface area contributed by atoms with Crippen LogP contribution in [0, 0.1) is 0 Å². The number of amides is 1. The lowest BCUT2D eigenvalue weighted by Crippen LogP contribution is -2.50. The van der Waals surface area contributed by atoms with Crippen molar-refractivity contribution in [2.75, 3.05) is 19.0 Å². The number of aromatic nitrogens is 2. The quantitative estimate of drug-likeness (QED) is 0.830. The third kappa shape index (κ3) is 2.43. The van der Waals surface area contributed by atoms with Gasteiger partial charge in [0.1, 0.15) is 11.5 Å². The van der Waals surface area contributed by atoms with Crippen molar-refractivity contribution in [1.29, 1.82) is 0 Å². The lowest BCUT2D eigenvalue weighted by molar-refractivity contribution is 0.0724. The van der Waals surface area contributed by atoms with Gasteiger partial charge in [-0.25, -0.2) is 9.97 Å². The van der Waals surface area contributed by atoms with E-state index in [4.69, 9.17) is 4.74 Å². The van der Waals surface area contributed by atoms with Crippen LogP contribution in [-0.2, 0) is 4.74 Å². The van der Waals surface area contributed by atoms with Crippen LogP contribution < -0.4 is 10.6 Å². The minimum atomic E-state index is -0.333. The summed E-state index contributed by atoms with van der Waals surface area (Å²) >= 11 is 0. The summed E-state index contributed by atoms with van der Waals surface area (Å²) < 4.78 is 5.48. The van der Waals surface area contributed by atoms with Crippen molar-refractivity contribution in [3.05, 3.63) is 18.1 Å². The lowest BCUT2D eigenvalue weighted by atomic mass is 9.94. The Morgan fingerprint density at radius 3 is 2.78 bits per heavy atom. The molecule has 0 bridgehead atoms. The molecule has 6 nitrogen and oxygen atoms in total. The molecular weight excluding hydrogens is 232 g/mol. The summed E-state index contributed by atoms with van der Waals surface area (Å²) in [5.74, 6) is 0.417. The van der Waals surface area contributed by atoms with Crippen LogP contribution in [0.1, 0.15) is 30.8 Å². The predicted molar refractivity (Wildman–Crippen MR) is 67.5 cm³/mol. The number of nitrogens with zero attached hydrogens (tertiary/aromatic N) is 2. The number of carbonyl (C=O) groups excluding carboxylic acids is 1. The molecule has 1 aromatic heterocycles. The monoisotopic (exact) mass is 250 g/mol. The van der Waals surface area contributed by atoms with Gasteiger partial charge in [-0.3, -0.25) is 4.79 Å². The molecule has 2 heterocycles. The Kier molecular flexibility index (Phi) is 3.47. The Morgan fingerprint density at radius 1 is 1.50 bits per heavy atom. The SMILES string of the molecule is CNc1cnc(C(=O)NC2(C)CCOC2C)cn1. The van der Waals surface area contributed by atoms with E-state index >= 15 is 0 Å². The molecule has 1 saturated heterocycles. The van der Waals surface area contributed by atoms with Crippen LogP contribution in [0.3, 0.4) is 0 Å². The summed E-state index contributed by atoms with van der Waals surface area (Å²) in [4.78, 5) is 20.2. The summed E-state index contributed by atoms with van der Waals surface area (Å²) in [6.07, 6.45) is 3.81. The largest absolute Gasteiger partial charge is 0.376 e. The maximum Gasteiger partial charge on any atom is 0.271 e. The van der Waals surface area contributed by atoms with Crippen LogP contribution >= 0.6 is 0 Å². The zero-order valence-corrected chi connectivity index (χ0v) is 10.9. The molecule has 1 aliphatic heterocycles. The molecule has 0 radical (unpaired) electrons. The number of hydrogen-bond donors (Lipinski definition) is 2. The number of ether oxygens (including phenoxy) is 1. The lowest BCUT2D eigenvalue weighted by Gasteiger charge is -2.28. The highest BCUT2D eigenvalue weighted by molar-refractivity contribution is 5.92. The van der Waals surface area contributed by atoms with E-state index in [1.807, 2.05) is 13.8 Å². The minimum absolute atomic E-state index is 0.00555. The molecule has 1 fully saturated rings. The second-order valence-electron chi connectivity index (χ2n) is 4.67. The van der Waals surface area contributed by atoms with Crippen LogP contribution in [-0.4, -0.2) is 41.2 Å². The molecular formula is C12H18N4O2. The van der Waals surface area contributed by atoms with Crippen LogP contribution in [0.15, 0.2) is 12.4 Å². The van der Waals surface area contributed by atoms with Crippen LogP contribution in [0.25, 0.3) is 0 Å². The summed E-state index contributed by atoms with van der Waals surface area (Å²) in [6, 6.07) is 0. The number of carbonyl (C=O) groups is 1. The first-order valence-electron chi connectivity index (χ1n) is 5.99. The van der Waals surface area contributed by atoms with Gasteiger partial charge in [0.15, 0.2) is 0 Å². The van der Waals surface area contributed by atoms with Crippen molar-refractivity contribution in [3.8, 4) is 0 Å². The Labute approximate surface area is 106 Å². The molecule has 98 valence electrons. The van der Waals surface area contributed by atoms with Crippen molar-refractivity contribution in [1.82, 2.24) is 15.3 Å². The van der Waals surface area contributed by atoms with Gasteiger partial charge in [0, 0.05) is 13.7 Å². The van der Waals surface area contributed by atoms with Gasteiger partial charge in [0.2, 0.25) is 0 Å². The van der Waals surface area contributed by atoms with E-state index in [2.05, 4.69) is 20.6 Å². The first-order chi connectivity index (χ1) is 8.55. The fourth-order valence-corrected chi connectivity index (χ4v) is 1.90. The molecule has 1 amide bonds. The summed E-state index contributed by atoms with van der Waals surface area (Å²) in [7, 11) is 1.75. The van der Waals surface area contributed by atoms with Gasteiger partial charge in [-0.15, -0.1) is 0 Å². The standard InChI is InChI=1S/C12H18N4O2/c1-8-12(2,4-5-18-8)16-11(17)9-6-15-10(13-3)7-14-9/h6-8H,4-5H2,1-3H3,(H,13,15)(H,16,17). The van der Waals surface area contributed by atoms with E-state index in [-0.39, 0.29) is 17.6 Å². The van der Waals surface area contributed by atoms with Crippen molar-refractivity contribution >= 4 is 11.7 Å². The average Bonchev–Trinajstić information content (AvgIpc) is 2.69. The first-order valence-corrected chi connectivity index (χ1v) is 5.99.